The van der Waals surface area contributed by atoms with Crippen LogP contribution in [0.1, 0.15) is 23.4 Å². The maximum atomic E-state index is 13.0. The third-order valence-corrected chi connectivity index (χ3v) is 5.45. The maximum Gasteiger partial charge on any atom is 0.244 e. The Bertz CT molecular complexity index is 976. The van der Waals surface area contributed by atoms with Crippen LogP contribution in [0.3, 0.4) is 0 Å². The van der Waals surface area contributed by atoms with Crippen molar-refractivity contribution in [1.29, 1.82) is 0 Å². The fourth-order valence-corrected chi connectivity index (χ4v) is 4.37. The number of aromatic nitrogens is 2. The van der Waals surface area contributed by atoms with Crippen LogP contribution in [0.5, 0.6) is 0 Å². The van der Waals surface area contributed by atoms with Crippen molar-refractivity contribution in [2.45, 2.75) is 25.5 Å². The summed E-state index contributed by atoms with van der Waals surface area (Å²) >= 11 is 0. The van der Waals surface area contributed by atoms with Crippen molar-refractivity contribution in [2.75, 3.05) is 0 Å². The molecule has 0 saturated carbocycles. The first-order valence-corrected chi connectivity index (χ1v) is 9.31. The molecular formula is C18H18N2O3S. The summed E-state index contributed by atoms with van der Waals surface area (Å²) in [4.78, 5) is 15.2. The van der Waals surface area contributed by atoms with Crippen molar-refractivity contribution in [3.63, 3.8) is 0 Å². The molecule has 0 aliphatic heterocycles. The van der Waals surface area contributed by atoms with Crippen molar-refractivity contribution in [3.05, 3.63) is 65.5 Å². The third-order valence-electron chi connectivity index (χ3n) is 3.79. The second-order valence-corrected chi connectivity index (χ2v) is 7.55. The fraction of sp³-hybridized carbons (Fsp3) is 0.222. The average Bonchev–Trinajstić information content (AvgIpc) is 2.91. The van der Waals surface area contributed by atoms with Crippen LogP contribution < -0.4 is 0 Å². The number of carbonyl (C=O) groups excluding carboxylic acids is 1. The summed E-state index contributed by atoms with van der Waals surface area (Å²) in [6.45, 7) is 1.93. The lowest BCUT2D eigenvalue weighted by Crippen LogP contribution is -2.18. The molecule has 0 saturated heterocycles. The first kappa shape index (κ1) is 16.4. The number of nitrogens with zero attached hydrogens (tertiary/aromatic N) is 2. The summed E-state index contributed by atoms with van der Waals surface area (Å²) in [6.07, 6.45) is 1.31. The zero-order valence-electron chi connectivity index (χ0n) is 13.3. The minimum absolute atomic E-state index is 0.110. The molecule has 0 radical (unpaired) electrons. The van der Waals surface area contributed by atoms with Crippen LogP contribution in [0, 0.1) is 6.92 Å². The Balaban J connectivity index is 2.13. The molecule has 0 fully saturated rings. The van der Waals surface area contributed by atoms with Crippen LogP contribution in [0.2, 0.25) is 0 Å². The highest BCUT2D eigenvalue weighted by Crippen LogP contribution is 2.23. The minimum atomic E-state index is -3.63. The number of rotatable bonds is 6. The molecule has 6 heteroatoms. The second-order valence-electron chi connectivity index (χ2n) is 5.73. The first-order chi connectivity index (χ1) is 11.5. The van der Waals surface area contributed by atoms with E-state index in [1.807, 2.05) is 37.3 Å². The molecule has 5 nitrogen and oxygen atoms in total. The zero-order valence-corrected chi connectivity index (χ0v) is 14.2. The fourth-order valence-electron chi connectivity index (χ4n) is 2.72. The van der Waals surface area contributed by atoms with E-state index < -0.39 is 10.0 Å². The standard InChI is InChI=1S/C18H18N2O3S/c1-14-9-10-17-16(12-14)19-18(8-5-11-21)20(17)24(22,23)13-15-6-3-2-4-7-15/h2-4,6-7,9-12H,5,8,13H2,1H3. The lowest BCUT2D eigenvalue weighted by molar-refractivity contribution is -0.107. The molecule has 3 aromatic rings. The van der Waals surface area contributed by atoms with E-state index in [4.69, 9.17) is 0 Å². The smallest absolute Gasteiger partial charge is 0.244 e. The van der Waals surface area contributed by atoms with Crippen molar-refractivity contribution < 1.29 is 13.2 Å². The summed E-state index contributed by atoms with van der Waals surface area (Å²) in [7, 11) is -3.63. The summed E-state index contributed by atoms with van der Waals surface area (Å²) in [5.74, 6) is 0.292. The number of hydrogen-bond acceptors (Lipinski definition) is 4. The molecule has 0 unspecified atom stereocenters. The predicted molar refractivity (Wildman–Crippen MR) is 93.3 cm³/mol. The Morgan fingerprint density at radius 3 is 2.58 bits per heavy atom. The van der Waals surface area contributed by atoms with E-state index in [1.54, 1.807) is 18.2 Å². The van der Waals surface area contributed by atoms with E-state index in [0.29, 0.717) is 28.8 Å². The van der Waals surface area contributed by atoms with Crippen LogP contribution in [-0.2, 0) is 27.0 Å². The molecule has 0 amide bonds. The number of fused-ring (bicyclic) bond motifs is 1. The van der Waals surface area contributed by atoms with Gasteiger partial charge in [-0.15, -0.1) is 0 Å². The molecule has 1 heterocycles. The van der Waals surface area contributed by atoms with Gasteiger partial charge in [-0.25, -0.2) is 17.4 Å². The zero-order chi connectivity index (χ0) is 17.2. The summed E-state index contributed by atoms with van der Waals surface area (Å²) in [5, 5.41) is 0. The average molecular weight is 342 g/mol. The molecule has 0 bridgehead atoms. The predicted octanol–water partition coefficient (Wildman–Crippen LogP) is 2.85. The Hall–Kier alpha value is -2.47. The van der Waals surface area contributed by atoms with Gasteiger partial charge in [-0.2, -0.15) is 0 Å². The Morgan fingerprint density at radius 1 is 1.12 bits per heavy atom. The normalized spacial score (nSPS) is 11.7. The van der Waals surface area contributed by atoms with E-state index in [0.717, 1.165) is 11.8 Å². The van der Waals surface area contributed by atoms with Gasteiger partial charge >= 0.3 is 0 Å². The van der Waals surface area contributed by atoms with Gasteiger partial charge in [-0.1, -0.05) is 36.4 Å². The number of aldehydes is 1. The summed E-state index contributed by atoms with van der Waals surface area (Å²) < 4.78 is 27.3. The Morgan fingerprint density at radius 2 is 1.88 bits per heavy atom. The van der Waals surface area contributed by atoms with E-state index in [1.165, 1.54) is 3.97 Å². The van der Waals surface area contributed by atoms with Crippen LogP contribution in [-0.4, -0.2) is 23.7 Å². The van der Waals surface area contributed by atoms with E-state index in [-0.39, 0.29) is 12.2 Å². The molecule has 124 valence electrons. The molecular weight excluding hydrogens is 324 g/mol. The molecule has 0 aliphatic rings. The summed E-state index contributed by atoms with van der Waals surface area (Å²) in [5.41, 5.74) is 2.91. The molecule has 0 atom stereocenters. The minimum Gasteiger partial charge on any atom is -0.303 e. The van der Waals surface area contributed by atoms with Crippen molar-refractivity contribution >= 4 is 27.3 Å². The second kappa shape index (κ2) is 6.57. The molecule has 2 aromatic carbocycles. The molecule has 3 rings (SSSR count). The van der Waals surface area contributed by atoms with Gasteiger partial charge in [0.15, 0.2) is 0 Å². The third kappa shape index (κ3) is 3.23. The van der Waals surface area contributed by atoms with E-state index in [9.17, 15) is 13.2 Å². The lowest BCUT2D eigenvalue weighted by atomic mass is 10.2. The molecule has 0 aliphatic carbocycles. The maximum absolute atomic E-state index is 13.0. The number of aryl methyl sites for hydroxylation is 2. The molecule has 0 spiro atoms. The van der Waals surface area contributed by atoms with Gasteiger partial charge in [0.2, 0.25) is 10.0 Å². The first-order valence-electron chi connectivity index (χ1n) is 7.70. The number of carbonyl (C=O) groups is 1. The van der Waals surface area contributed by atoms with Gasteiger partial charge in [0, 0.05) is 12.8 Å². The van der Waals surface area contributed by atoms with Gasteiger partial charge < -0.3 is 4.79 Å². The van der Waals surface area contributed by atoms with E-state index >= 15 is 0 Å². The molecule has 24 heavy (non-hydrogen) atoms. The van der Waals surface area contributed by atoms with Crippen molar-refractivity contribution in [3.8, 4) is 0 Å². The highest BCUT2D eigenvalue weighted by molar-refractivity contribution is 7.89. The van der Waals surface area contributed by atoms with E-state index in [2.05, 4.69) is 4.98 Å². The van der Waals surface area contributed by atoms with Gasteiger partial charge in [0.25, 0.3) is 0 Å². The number of imidazole rings is 1. The highest BCUT2D eigenvalue weighted by atomic mass is 32.2. The van der Waals surface area contributed by atoms with Gasteiger partial charge in [0.1, 0.15) is 12.1 Å². The van der Waals surface area contributed by atoms with Crippen LogP contribution in [0.15, 0.2) is 48.5 Å². The largest absolute Gasteiger partial charge is 0.303 e. The lowest BCUT2D eigenvalue weighted by Gasteiger charge is -2.10. The van der Waals surface area contributed by atoms with Gasteiger partial charge in [0.05, 0.1) is 16.8 Å². The quantitative estimate of drug-likeness (QED) is 0.646. The summed E-state index contributed by atoms with van der Waals surface area (Å²) in [6, 6.07) is 14.5. The van der Waals surface area contributed by atoms with Crippen molar-refractivity contribution in [2.24, 2.45) is 0 Å². The SMILES string of the molecule is Cc1ccc2c(c1)nc(CCC=O)n2S(=O)(=O)Cc1ccccc1. The van der Waals surface area contributed by atoms with Crippen LogP contribution >= 0.6 is 0 Å². The van der Waals surface area contributed by atoms with Crippen LogP contribution in [0.4, 0.5) is 0 Å². The monoisotopic (exact) mass is 342 g/mol. The topological polar surface area (TPSA) is 69.0 Å². The van der Waals surface area contributed by atoms with Crippen molar-refractivity contribution in [1.82, 2.24) is 8.96 Å². The van der Waals surface area contributed by atoms with Crippen LogP contribution in [0.25, 0.3) is 11.0 Å². The highest BCUT2D eigenvalue weighted by Gasteiger charge is 2.22. The number of hydrogen-bond donors (Lipinski definition) is 0. The Labute approximate surface area is 141 Å². The Kier molecular flexibility index (Phi) is 4.49. The van der Waals surface area contributed by atoms with Gasteiger partial charge in [-0.05, 0) is 30.2 Å². The molecule has 0 N–H and O–H groups in total. The van der Waals surface area contributed by atoms with Gasteiger partial charge in [-0.3, -0.25) is 0 Å². The number of benzene rings is 2. The molecule has 1 aromatic heterocycles.